The van der Waals surface area contributed by atoms with Crippen LogP contribution in [0.3, 0.4) is 0 Å². The van der Waals surface area contributed by atoms with E-state index in [4.69, 9.17) is 16.3 Å². The van der Waals surface area contributed by atoms with Crippen molar-refractivity contribution in [3.63, 3.8) is 0 Å². The van der Waals surface area contributed by atoms with Crippen molar-refractivity contribution in [2.75, 3.05) is 0 Å². The molecule has 0 bridgehead atoms. The van der Waals surface area contributed by atoms with Crippen molar-refractivity contribution >= 4 is 23.6 Å². The number of ether oxygens (including phenoxy) is 1. The van der Waals surface area contributed by atoms with Gasteiger partial charge in [-0.25, -0.2) is 0 Å². The van der Waals surface area contributed by atoms with Gasteiger partial charge in [0.15, 0.2) is 0 Å². The zero-order valence-corrected chi connectivity index (χ0v) is 17.3. The molecule has 1 atom stereocenters. The van der Waals surface area contributed by atoms with Crippen LogP contribution in [0.1, 0.15) is 22.3 Å². The molecule has 1 unspecified atom stereocenters. The summed E-state index contributed by atoms with van der Waals surface area (Å²) >= 11 is 6.23. The van der Waals surface area contributed by atoms with Crippen LogP contribution in [0.25, 0.3) is 6.08 Å². The van der Waals surface area contributed by atoms with E-state index < -0.39 is 23.8 Å². The number of carbonyl (C=O) groups is 1. The van der Waals surface area contributed by atoms with Crippen LogP contribution in [0, 0.1) is 6.92 Å². The molecule has 3 nitrogen and oxygen atoms in total. The fraction of sp³-hybridized carbons (Fsp3) is 0.211. The first-order chi connectivity index (χ1) is 12.1. The molecule has 0 radical (unpaired) electrons. The molecule has 0 amide bonds. The molecule has 1 heterocycles. The maximum absolute atomic E-state index is 13.1. The zero-order chi connectivity index (χ0) is 19.1. The Morgan fingerprint density at radius 1 is 1.22 bits per heavy atom. The van der Waals surface area contributed by atoms with Gasteiger partial charge >= 0.3 is 35.7 Å². The van der Waals surface area contributed by atoms with Crippen LogP contribution >= 0.6 is 11.6 Å². The van der Waals surface area contributed by atoms with Gasteiger partial charge in [-0.3, -0.25) is 0 Å². The SMILES string of the molecule is Cc1ccc(Cc2cc3c(cc2Cl)C=C(C(=O)[O-])C(C(F)(F)F)O3)cc1.[Na+]. The molecule has 2 aromatic rings. The molecule has 0 spiro atoms. The topological polar surface area (TPSA) is 49.4 Å². The van der Waals surface area contributed by atoms with Crippen molar-refractivity contribution in [2.24, 2.45) is 0 Å². The molecule has 3 rings (SSSR count). The smallest absolute Gasteiger partial charge is 0.545 e. The summed E-state index contributed by atoms with van der Waals surface area (Å²) in [5.74, 6) is -2.00. The Labute approximate surface area is 181 Å². The van der Waals surface area contributed by atoms with E-state index in [9.17, 15) is 23.1 Å². The predicted octanol–water partition coefficient (Wildman–Crippen LogP) is 0.700. The minimum atomic E-state index is -4.87. The van der Waals surface area contributed by atoms with Crippen LogP contribution in [0.5, 0.6) is 5.75 Å². The van der Waals surface area contributed by atoms with Gasteiger partial charge in [-0.1, -0.05) is 41.4 Å². The van der Waals surface area contributed by atoms with Crippen molar-refractivity contribution in [3.05, 3.63) is 69.2 Å². The summed E-state index contributed by atoms with van der Waals surface area (Å²) < 4.78 is 44.3. The second-order valence-electron chi connectivity index (χ2n) is 6.07. The van der Waals surface area contributed by atoms with Crippen molar-refractivity contribution in [1.82, 2.24) is 0 Å². The number of hydrogen-bond donors (Lipinski definition) is 0. The molecule has 0 aliphatic carbocycles. The van der Waals surface area contributed by atoms with E-state index in [1.54, 1.807) is 0 Å². The molecule has 1 aliphatic heterocycles. The number of aryl methyl sites for hydroxylation is 1. The predicted molar refractivity (Wildman–Crippen MR) is 88.9 cm³/mol. The molecule has 0 fully saturated rings. The van der Waals surface area contributed by atoms with Gasteiger partial charge in [-0.2, -0.15) is 13.2 Å². The second kappa shape index (κ2) is 8.27. The summed E-state index contributed by atoms with van der Waals surface area (Å²) in [7, 11) is 0. The standard InChI is InChI=1S/C19H14ClF3O3.Na/c1-10-2-4-11(5-3-10)6-12-9-16-13(8-15(12)20)7-14(18(24)25)17(26-16)19(21,22)23;/h2-5,7-9,17H,6H2,1H3,(H,24,25);/q;+1/p-1. The molecule has 136 valence electrons. The number of carboxylic acids is 1. The van der Waals surface area contributed by atoms with Crippen molar-refractivity contribution in [2.45, 2.75) is 25.6 Å². The first-order valence-corrected chi connectivity index (χ1v) is 8.07. The Hall–Kier alpha value is -1.47. The molecular formula is C19H13ClF3NaO3. The number of halogens is 4. The summed E-state index contributed by atoms with van der Waals surface area (Å²) in [6.45, 7) is 1.95. The van der Waals surface area contributed by atoms with Crippen molar-refractivity contribution in [1.29, 1.82) is 0 Å². The van der Waals surface area contributed by atoms with E-state index in [1.807, 2.05) is 31.2 Å². The molecule has 1 aliphatic rings. The monoisotopic (exact) mass is 404 g/mol. The number of alkyl halides is 3. The molecule has 2 aromatic carbocycles. The fourth-order valence-electron chi connectivity index (χ4n) is 2.73. The van der Waals surface area contributed by atoms with Gasteiger partial charge in [0, 0.05) is 16.2 Å². The number of benzene rings is 2. The third kappa shape index (κ3) is 4.88. The van der Waals surface area contributed by atoms with Gasteiger partial charge in [-0.05, 0) is 42.7 Å². The molecule has 0 saturated carbocycles. The number of rotatable bonds is 3. The summed E-state index contributed by atoms with van der Waals surface area (Å²) in [4.78, 5) is 11.0. The Bertz CT molecular complexity index is 892. The second-order valence-corrected chi connectivity index (χ2v) is 6.48. The molecule has 27 heavy (non-hydrogen) atoms. The summed E-state index contributed by atoms with van der Waals surface area (Å²) in [6.07, 6.45) is -6.15. The van der Waals surface area contributed by atoms with Gasteiger partial charge in [-0.15, -0.1) is 0 Å². The average Bonchev–Trinajstić information content (AvgIpc) is 2.55. The fourth-order valence-corrected chi connectivity index (χ4v) is 2.97. The maximum atomic E-state index is 13.1. The number of carboxylic acid groups (broad SMARTS) is 1. The van der Waals surface area contributed by atoms with E-state index in [-0.39, 0.29) is 40.9 Å². The number of aliphatic carboxylic acids is 1. The summed E-state index contributed by atoms with van der Waals surface area (Å²) in [5, 5.41) is 11.4. The molecule has 0 aromatic heterocycles. The van der Waals surface area contributed by atoms with Crippen LogP contribution < -0.4 is 39.4 Å². The van der Waals surface area contributed by atoms with Crippen LogP contribution in [-0.2, 0) is 11.2 Å². The number of hydrogen-bond acceptors (Lipinski definition) is 3. The Morgan fingerprint density at radius 2 is 1.85 bits per heavy atom. The van der Waals surface area contributed by atoms with Gasteiger partial charge < -0.3 is 14.6 Å². The van der Waals surface area contributed by atoms with Crippen LogP contribution in [-0.4, -0.2) is 18.2 Å². The van der Waals surface area contributed by atoms with E-state index in [0.29, 0.717) is 17.0 Å². The number of fused-ring (bicyclic) bond motifs is 1. The van der Waals surface area contributed by atoms with E-state index in [0.717, 1.165) is 17.2 Å². The Balaban J connectivity index is 0.00000261. The first-order valence-electron chi connectivity index (χ1n) is 7.69. The van der Waals surface area contributed by atoms with Crippen LogP contribution in [0.4, 0.5) is 13.2 Å². The summed E-state index contributed by atoms with van der Waals surface area (Å²) in [6, 6.07) is 10.5. The Morgan fingerprint density at radius 3 is 2.41 bits per heavy atom. The van der Waals surface area contributed by atoms with E-state index in [2.05, 4.69) is 0 Å². The number of carbonyl (C=O) groups excluding carboxylic acids is 1. The third-order valence-electron chi connectivity index (χ3n) is 4.07. The Kier molecular flexibility index (Phi) is 6.68. The normalized spacial score (nSPS) is 15.9. The quantitative estimate of drug-likeness (QED) is 0.708. The minimum absolute atomic E-state index is 0. The van der Waals surface area contributed by atoms with Gasteiger partial charge in [0.2, 0.25) is 6.10 Å². The molecular weight excluding hydrogens is 392 g/mol. The van der Waals surface area contributed by atoms with Gasteiger partial charge in [0.1, 0.15) is 5.75 Å². The minimum Gasteiger partial charge on any atom is -0.545 e. The van der Waals surface area contributed by atoms with Crippen molar-refractivity contribution < 1.29 is 57.4 Å². The largest absolute Gasteiger partial charge is 1.00 e. The molecule has 0 saturated heterocycles. The van der Waals surface area contributed by atoms with Gasteiger partial charge in [0.25, 0.3) is 0 Å². The van der Waals surface area contributed by atoms with Gasteiger partial charge in [0.05, 0.1) is 5.97 Å². The molecule has 8 heteroatoms. The maximum Gasteiger partial charge on any atom is 1.00 e. The first kappa shape index (κ1) is 21.8. The summed E-state index contributed by atoms with van der Waals surface area (Å²) in [5.41, 5.74) is 1.79. The zero-order valence-electron chi connectivity index (χ0n) is 14.6. The van der Waals surface area contributed by atoms with E-state index in [1.165, 1.54) is 12.1 Å². The average molecular weight is 405 g/mol. The van der Waals surface area contributed by atoms with E-state index >= 15 is 0 Å². The third-order valence-corrected chi connectivity index (χ3v) is 4.42. The van der Waals surface area contributed by atoms with Crippen LogP contribution in [0.2, 0.25) is 5.02 Å². The van der Waals surface area contributed by atoms with Crippen molar-refractivity contribution in [3.8, 4) is 5.75 Å². The molecule has 0 N–H and O–H groups in total. The van der Waals surface area contributed by atoms with Crippen LogP contribution in [0.15, 0.2) is 42.0 Å².